The van der Waals surface area contributed by atoms with Crippen molar-refractivity contribution in [2.75, 3.05) is 0 Å². The minimum Gasteiger partial charge on any atom is -0.309 e. The van der Waals surface area contributed by atoms with Crippen LogP contribution >= 0.6 is 0 Å². The second-order valence-corrected chi connectivity index (χ2v) is 14.0. The molecule has 0 aromatic heterocycles. The molecule has 24 heteroatoms. The van der Waals surface area contributed by atoms with Crippen LogP contribution in [-0.2, 0) is 42.0 Å². The summed E-state index contributed by atoms with van der Waals surface area (Å²) < 4.78 is 183. The highest BCUT2D eigenvalue weighted by Gasteiger charge is 2.51. The third-order valence-corrected chi connectivity index (χ3v) is 9.99. The Bertz CT molecular complexity index is 728. The quantitative estimate of drug-likeness (QED) is 0.226. The van der Waals surface area contributed by atoms with Crippen LogP contribution in [0.25, 0.3) is 0 Å². The number of halogens is 9. The second kappa shape index (κ2) is 8.86. The topological polar surface area (TPSA) is 130 Å². The summed E-state index contributed by atoms with van der Waals surface area (Å²) >= 11 is 0. The minimum atomic E-state index is -6.39. The lowest BCUT2D eigenvalue weighted by Crippen LogP contribution is -2.36. The van der Waals surface area contributed by atoms with Crippen molar-refractivity contribution in [1.29, 1.82) is 0 Å². The van der Waals surface area contributed by atoms with Gasteiger partial charge in [0.15, 0.2) is 0 Å². The SMILES string of the molecule is O=S(=O)(O[Si]C([Si]OS(=O)(=O)C(F)(F)F)[Si]OS(=O)(=O)C(F)(F)F)C(F)(F)F. The first-order valence-corrected chi connectivity index (χ1v) is 12.5. The van der Waals surface area contributed by atoms with E-state index in [-0.39, 0.29) is 0 Å². The Morgan fingerprint density at radius 2 is 0.679 bits per heavy atom. The molecule has 0 aromatic carbocycles. The fourth-order valence-electron chi connectivity index (χ4n) is 0.548. The standard InChI is InChI=1S/C4HF9O9S3Si3/c5-2(6,7)23(14,15)20-26-1(27-21-24(16,17)3(8,9)10)28-22-25(18,19)4(11,12)13/h1H. The zero-order valence-electron chi connectivity index (χ0n) is 11.9. The molecule has 9 nitrogen and oxygen atoms in total. The van der Waals surface area contributed by atoms with Crippen LogP contribution in [0.5, 0.6) is 0 Å². The van der Waals surface area contributed by atoms with Gasteiger partial charge in [0, 0.05) is 4.79 Å². The Morgan fingerprint density at radius 1 is 0.500 bits per heavy atom. The van der Waals surface area contributed by atoms with E-state index in [1.165, 1.54) is 0 Å². The zero-order valence-corrected chi connectivity index (χ0v) is 17.3. The van der Waals surface area contributed by atoms with Crippen molar-refractivity contribution in [2.45, 2.75) is 21.3 Å². The third kappa shape index (κ3) is 7.88. The molecule has 0 bridgehead atoms. The lowest BCUT2D eigenvalue weighted by molar-refractivity contribution is -0.0502. The molecule has 0 heterocycles. The molecule has 0 saturated carbocycles. The van der Waals surface area contributed by atoms with Gasteiger partial charge in [-0.05, 0) is 0 Å². The van der Waals surface area contributed by atoms with E-state index in [9.17, 15) is 64.8 Å². The van der Waals surface area contributed by atoms with Gasteiger partial charge in [0.1, 0.15) is 0 Å². The van der Waals surface area contributed by atoms with Crippen molar-refractivity contribution in [3.63, 3.8) is 0 Å². The van der Waals surface area contributed by atoms with Crippen LogP contribution < -0.4 is 0 Å². The van der Waals surface area contributed by atoms with Gasteiger partial charge in [-0.2, -0.15) is 64.8 Å². The molecule has 0 aliphatic heterocycles. The molecule has 0 N–H and O–H groups in total. The van der Waals surface area contributed by atoms with Crippen LogP contribution in [-0.4, -0.2) is 71.1 Å². The second-order valence-electron chi connectivity index (χ2n) is 3.74. The maximum Gasteiger partial charge on any atom is 0.522 e. The highest BCUT2D eigenvalue weighted by Crippen LogP contribution is 2.28. The van der Waals surface area contributed by atoms with Crippen LogP contribution in [0.2, 0.25) is 4.79 Å². The molecule has 6 radical (unpaired) electrons. The van der Waals surface area contributed by atoms with Gasteiger partial charge in [0.2, 0.25) is 0 Å². The Labute approximate surface area is 157 Å². The predicted molar refractivity (Wildman–Crippen MR) is 69.2 cm³/mol. The third-order valence-electron chi connectivity index (χ3n) is 1.68. The maximum absolute atomic E-state index is 12.1. The lowest BCUT2D eigenvalue weighted by atomic mass is 11.6. The summed E-state index contributed by atoms with van der Waals surface area (Å²) in [6.07, 6.45) is 0. The molecule has 0 aliphatic carbocycles. The number of alkyl halides is 9. The molecule has 28 heavy (non-hydrogen) atoms. The van der Waals surface area contributed by atoms with Crippen molar-refractivity contribution in [3.05, 3.63) is 0 Å². The van der Waals surface area contributed by atoms with E-state index >= 15 is 0 Å². The van der Waals surface area contributed by atoms with Gasteiger partial charge in [-0.25, -0.2) is 0 Å². The average Bonchev–Trinajstić information content (AvgIpc) is 2.42. The molecule has 0 aliphatic rings. The van der Waals surface area contributed by atoms with Crippen molar-refractivity contribution < 1.29 is 76.4 Å². The first-order valence-electron chi connectivity index (χ1n) is 5.29. The van der Waals surface area contributed by atoms with E-state index in [1.54, 1.807) is 0 Å². The van der Waals surface area contributed by atoms with Crippen LogP contribution in [0.1, 0.15) is 0 Å². The van der Waals surface area contributed by atoms with Crippen molar-refractivity contribution in [1.82, 2.24) is 0 Å². The number of hydrogen-bond acceptors (Lipinski definition) is 9. The Hall–Kier alpha value is -0.249. The van der Waals surface area contributed by atoms with Crippen molar-refractivity contribution in [3.8, 4) is 0 Å². The fraction of sp³-hybridized carbons (Fsp3) is 1.00. The predicted octanol–water partition coefficient (Wildman–Crippen LogP) is 0.146. The summed E-state index contributed by atoms with van der Waals surface area (Å²) in [6, 6.07) is 0. The first-order chi connectivity index (χ1) is 12.0. The van der Waals surface area contributed by atoms with Gasteiger partial charge in [0.05, 0.1) is 0 Å². The Morgan fingerprint density at radius 3 is 0.821 bits per heavy atom. The number of rotatable bonds is 9. The summed E-state index contributed by atoms with van der Waals surface area (Å²) in [7, 11) is -25.8. The highest BCUT2D eigenvalue weighted by molar-refractivity contribution is 7.89. The van der Waals surface area contributed by atoms with E-state index in [0.29, 0.717) is 0 Å². The summed E-state index contributed by atoms with van der Waals surface area (Å²) in [6.45, 7) is 0. The van der Waals surface area contributed by atoms with Gasteiger partial charge < -0.3 is 11.6 Å². The molecule has 0 atom stereocenters. The molecule has 0 saturated heterocycles. The van der Waals surface area contributed by atoms with Crippen molar-refractivity contribution in [2.24, 2.45) is 0 Å². The molecule has 0 rings (SSSR count). The minimum absolute atomic E-state index is 2.21. The van der Waals surface area contributed by atoms with Gasteiger partial charge in [-0.15, -0.1) is 0 Å². The van der Waals surface area contributed by atoms with Gasteiger partial charge in [0.25, 0.3) is 29.3 Å². The summed E-state index contributed by atoms with van der Waals surface area (Å²) in [4.78, 5) is -2.37. The summed E-state index contributed by atoms with van der Waals surface area (Å²) in [5.41, 5.74) is -18.1. The van der Waals surface area contributed by atoms with E-state index in [1.807, 2.05) is 0 Å². The van der Waals surface area contributed by atoms with Crippen molar-refractivity contribution >= 4 is 59.6 Å². The maximum atomic E-state index is 12.1. The molecule has 0 fully saturated rings. The average molecular weight is 544 g/mol. The normalized spacial score (nSPS) is 15.2. The molecular weight excluding hydrogens is 543 g/mol. The molecular formula is C4HF9O9S3Si3. The Kier molecular flexibility index (Phi) is 8.78. The van der Waals surface area contributed by atoms with Crippen LogP contribution in [0, 0.1) is 0 Å². The van der Waals surface area contributed by atoms with E-state index in [2.05, 4.69) is 11.6 Å². The summed E-state index contributed by atoms with van der Waals surface area (Å²) in [5.74, 6) is 0. The largest absolute Gasteiger partial charge is 0.522 e. The first kappa shape index (κ1) is 27.8. The van der Waals surface area contributed by atoms with Gasteiger partial charge in [-0.1, -0.05) is 0 Å². The zero-order chi connectivity index (χ0) is 22.8. The van der Waals surface area contributed by atoms with Gasteiger partial charge >= 0.3 is 46.9 Å². The fourth-order valence-corrected chi connectivity index (χ4v) is 7.53. The van der Waals surface area contributed by atoms with E-state index < -0.39 is 81.0 Å². The monoisotopic (exact) mass is 544 g/mol. The highest BCUT2D eigenvalue weighted by atomic mass is 32.2. The van der Waals surface area contributed by atoms with Crippen LogP contribution in [0.15, 0.2) is 0 Å². The van der Waals surface area contributed by atoms with Gasteiger partial charge in [-0.3, -0.25) is 0 Å². The smallest absolute Gasteiger partial charge is 0.309 e. The number of hydrogen-bond donors (Lipinski definition) is 0. The molecule has 0 aromatic rings. The molecule has 164 valence electrons. The van der Waals surface area contributed by atoms with E-state index in [0.717, 1.165) is 0 Å². The lowest BCUT2D eigenvalue weighted by Gasteiger charge is -2.15. The van der Waals surface area contributed by atoms with E-state index in [4.69, 9.17) is 0 Å². The van der Waals surface area contributed by atoms with Crippen LogP contribution in [0.4, 0.5) is 39.5 Å². The molecule has 0 amide bonds. The molecule has 0 unspecified atom stereocenters. The Balaban J connectivity index is 5.40. The summed E-state index contributed by atoms with van der Waals surface area (Å²) in [5, 5.41) is 0. The molecule has 0 spiro atoms. The van der Waals surface area contributed by atoms with Crippen LogP contribution in [0.3, 0.4) is 0 Å².